The van der Waals surface area contributed by atoms with Crippen molar-refractivity contribution in [2.24, 2.45) is 11.1 Å². The summed E-state index contributed by atoms with van der Waals surface area (Å²) in [6, 6.07) is 12.3. The molecule has 0 saturated heterocycles. The van der Waals surface area contributed by atoms with E-state index in [4.69, 9.17) is 20.3 Å². The minimum atomic E-state index is -0.691. The van der Waals surface area contributed by atoms with E-state index in [-0.39, 0.29) is 12.0 Å². The number of carboxylic acids is 1. The third-order valence-corrected chi connectivity index (χ3v) is 3.36. The van der Waals surface area contributed by atoms with Gasteiger partial charge in [0.1, 0.15) is 11.5 Å². The summed E-state index contributed by atoms with van der Waals surface area (Å²) < 4.78 is 10.7. The summed E-state index contributed by atoms with van der Waals surface area (Å²) in [5, 5.41) is 8.31. The molecule has 0 fully saturated rings. The summed E-state index contributed by atoms with van der Waals surface area (Å²) in [6.45, 7) is 6.20. The Morgan fingerprint density at radius 2 is 1.82 bits per heavy atom. The number of aromatic nitrogens is 1. The predicted octanol–water partition coefficient (Wildman–Crippen LogP) is 4.03. The van der Waals surface area contributed by atoms with Crippen LogP contribution in [-0.4, -0.2) is 28.6 Å². The number of pyridine rings is 1. The van der Waals surface area contributed by atoms with Gasteiger partial charge in [-0.3, -0.25) is 9.59 Å². The monoisotopic (exact) mass is 388 g/mol. The zero-order valence-corrected chi connectivity index (χ0v) is 16.6. The highest BCUT2D eigenvalue weighted by molar-refractivity contribution is 5.75. The number of nitrogens with two attached hydrogens (primary N) is 1. The van der Waals surface area contributed by atoms with Crippen LogP contribution in [0.25, 0.3) is 0 Å². The van der Waals surface area contributed by atoms with E-state index in [9.17, 15) is 9.59 Å². The van der Waals surface area contributed by atoms with Crippen LogP contribution < -0.4 is 15.2 Å². The number of aliphatic carboxylic acids is 1. The lowest BCUT2D eigenvalue weighted by Crippen LogP contribution is -2.19. The summed E-state index contributed by atoms with van der Waals surface area (Å²) >= 11 is 0. The molecule has 0 aliphatic rings. The first-order valence-corrected chi connectivity index (χ1v) is 8.97. The number of benzene rings is 1. The van der Waals surface area contributed by atoms with Crippen molar-refractivity contribution < 1.29 is 24.2 Å². The molecule has 0 unspecified atom stereocenters. The van der Waals surface area contributed by atoms with Gasteiger partial charge in [-0.25, -0.2) is 4.98 Å². The van der Waals surface area contributed by atoms with Crippen molar-refractivity contribution in [3.8, 4) is 17.4 Å². The Hall–Kier alpha value is -3.09. The summed E-state index contributed by atoms with van der Waals surface area (Å²) in [4.78, 5) is 24.7. The van der Waals surface area contributed by atoms with E-state index in [1.54, 1.807) is 42.6 Å². The third-order valence-electron chi connectivity index (χ3n) is 3.36. The molecule has 28 heavy (non-hydrogen) atoms. The Bertz CT molecular complexity index is 742. The van der Waals surface area contributed by atoms with Gasteiger partial charge in [-0.05, 0) is 36.5 Å². The van der Waals surface area contributed by atoms with Gasteiger partial charge in [0.15, 0.2) is 6.61 Å². The van der Waals surface area contributed by atoms with Gasteiger partial charge >= 0.3 is 5.97 Å². The molecule has 2 rings (SSSR count). The number of amides is 1. The smallest absolute Gasteiger partial charge is 0.303 e. The minimum absolute atomic E-state index is 0.160. The number of carboxylic acid groups (broad SMARTS) is 1. The summed E-state index contributed by atoms with van der Waals surface area (Å²) in [6.07, 6.45) is 3.72. The molecule has 0 aliphatic carbocycles. The maximum Gasteiger partial charge on any atom is 0.303 e. The zero-order valence-electron chi connectivity index (χ0n) is 16.6. The molecule has 1 aromatic heterocycles. The van der Waals surface area contributed by atoms with Gasteiger partial charge in [0.05, 0.1) is 0 Å². The molecule has 0 spiro atoms. The molecule has 3 N–H and O–H groups in total. The SMILES string of the molecule is CC(C)(C)CCCC(=O)O.NC(=O)COc1cccc(Oc2ccccn2)c1. The summed E-state index contributed by atoms with van der Waals surface area (Å²) in [5.41, 5.74) is 5.27. The first kappa shape index (κ1) is 23.0. The number of carbonyl (C=O) groups is 2. The van der Waals surface area contributed by atoms with Crippen LogP contribution in [0.4, 0.5) is 0 Å². The van der Waals surface area contributed by atoms with Gasteiger partial charge in [0.25, 0.3) is 5.91 Å². The standard InChI is InChI=1S/C13H12N2O3.C8H16O2/c14-12(16)9-17-10-4-3-5-11(8-10)18-13-6-1-2-7-15-13;1-8(2,3)6-4-5-7(9)10/h1-8H,9H2,(H2,14,16);4-6H2,1-3H3,(H,9,10). The molecular weight excluding hydrogens is 360 g/mol. The second-order valence-corrected chi connectivity index (χ2v) is 7.31. The fraction of sp³-hybridized carbons (Fsp3) is 0.381. The van der Waals surface area contributed by atoms with Crippen molar-refractivity contribution >= 4 is 11.9 Å². The highest BCUT2D eigenvalue weighted by atomic mass is 16.5. The van der Waals surface area contributed by atoms with Crippen LogP contribution in [0.5, 0.6) is 17.4 Å². The molecule has 0 bridgehead atoms. The Morgan fingerprint density at radius 3 is 2.39 bits per heavy atom. The van der Waals surface area contributed by atoms with Crippen LogP contribution >= 0.6 is 0 Å². The second-order valence-electron chi connectivity index (χ2n) is 7.31. The molecule has 152 valence electrons. The van der Waals surface area contributed by atoms with Crippen LogP contribution in [0.1, 0.15) is 40.0 Å². The fourth-order valence-electron chi connectivity index (χ4n) is 2.08. The molecule has 0 atom stereocenters. The number of hydrogen-bond donors (Lipinski definition) is 2. The van der Waals surface area contributed by atoms with Crippen LogP contribution in [-0.2, 0) is 9.59 Å². The van der Waals surface area contributed by atoms with Gasteiger partial charge < -0.3 is 20.3 Å². The molecule has 0 radical (unpaired) electrons. The topological polar surface area (TPSA) is 112 Å². The lowest BCUT2D eigenvalue weighted by atomic mass is 9.90. The van der Waals surface area contributed by atoms with E-state index in [0.717, 1.165) is 12.8 Å². The van der Waals surface area contributed by atoms with Crippen molar-refractivity contribution in [1.29, 1.82) is 0 Å². The zero-order chi connectivity index (χ0) is 21.0. The van der Waals surface area contributed by atoms with E-state index >= 15 is 0 Å². The van der Waals surface area contributed by atoms with E-state index in [1.807, 2.05) is 6.07 Å². The number of primary amides is 1. The maximum absolute atomic E-state index is 10.6. The average molecular weight is 388 g/mol. The Morgan fingerprint density at radius 1 is 1.11 bits per heavy atom. The molecule has 1 heterocycles. The van der Waals surface area contributed by atoms with E-state index < -0.39 is 11.9 Å². The van der Waals surface area contributed by atoms with Crippen molar-refractivity contribution in [2.75, 3.05) is 6.61 Å². The van der Waals surface area contributed by atoms with Gasteiger partial charge in [-0.1, -0.05) is 32.9 Å². The first-order valence-electron chi connectivity index (χ1n) is 8.97. The maximum atomic E-state index is 10.6. The lowest BCUT2D eigenvalue weighted by molar-refractivity contribution is -0.137. The molecule has 7 heteroatoms. The largest absolute Gasteiger partial charge is 0.484 e. The van der Waals surface area contributed by atoms with E-state index in [1.165, 1.54) is 0 Å². The van der Waals surface area contributed by atoms with E-state index in [2.05, 4.69) is 25.8 Å². The highest BCUT2D eigenvalue weighted by Crippen LogP contribution is 2.23. The highest BCUT2D eigenvalue weighted by Gasteiger charge is 2.10. The van der Waals surface area contributed by atoms with Crippen molar-refractivity contribution in [3.63, 3.8) is 0 Å². The van der Waals surface area contributed by atoms with Crippen LogP contribution in [0.3, 0.4) is 0 Å². The number of rotatable bonds is 8. The minimum Gasteiger partial charge on any atom is -0.484 e. The molecule has 0 saturated carbocycles. The number of nitrogens with zero attached hydrogens (tertiary/aromatic N) is 1. The normalized spacial score (nSPS) is 10.4. The van der Waals surface area contributed by atoms with Gasteiger partial charge in [0, 0.05) is 24.8 Å². The molecule has 1 amide bonds. The molecule has 2 aromatic rings. The van der Waals surface area contributed by atoms with Crippen molar-refractivity contribution in [2.45, 2.75) is 40.0 Å². The number of carbonyl (C=O) groups excluding carboxylic acids is 1. The number of hydrogen-bond acceptors (Lipinski definition) is 5. The van der Waals surface area contributed by atoms with Gasteiger partial charge in [-0.2, -0.15) is 0 Å². The Kier molecular flexibility index (Phi) is 9.50. The molecular formula is C21H28N2O5. The lowest BCUT2D eigenvalue weighted by Gasteiger charge is -2.16. The van der Waals surface area contributed by atoms with Crippen LogP contribution in [0.15, 0.2) is 48.7 Å². The average Bonchev–Trinajstić information content (AvgIpc) is 2.60. The fourth-order valence-corrected chi connectivity index (χ4v) is 2.08. The first-order chi connectivity index (χ1) is 13.2. The van der Waals surface area contributed by atoms with Gasteiger partial charge in [0.2, 0.25) is 5.88 Å². The van der Waals surface area contributed by atoms with Crippen molar-refractivity contribution in [1.82, 2.24) is 4.98 Å². The summed E-state index contributed by atoms with van der Waals surface area (Å²) in [7, 11) is 0. The van der Waals surface area contributed by atoms with Gasteiger partial charge in [-0.15, -0.1) is 0 Å². The molecule has 1 aromatic carbocycles. The summed E-state index contributed by atoms with van der Waals surface area (Å²) in [5.74, 6) is 0.373. The molecule has 7 nitrogen and oxygen atoms in total. The predicted molar refractivity (Wildman–Crippen MR) is 106 cm³/mol. The Balaban J connectivity index is 0.000000336. The van der Waals surface area contributed by atoms with Crippen molar-refractivity contribution in [3.05, 3.63) is 48.7 Å². The van der Waals surface area contributed by atoms with Crippen LogP contribution in [0, 0.1) is 5.41 Å². The van der Waals surface area contributed by atoms with Crippen LogP contribution in [0.2, 0.25) is 0 Å². The number of ether oxygens (including phenoxy) is 2. The molecule has 0 aliphatic heterocycles. The third kappa shape index (κ3) is 11.5. The second kappa shape index (κ2) is 11.6. The Labute approximate surface area is 165 Å². The van der Waals surface area contributed by atoms with E-state index in [0.29, 0.717) is 23.8 Å². The quantitative estimate of drug-likeness (QED) is 0.706.